The second-order valence-corrected chi connectivity index (χ2v) is 5.56. The van der Waals surface area contributed by atoms with E-state index >= 15 is 0 Å². The van der Waals surface area contributed by atoms with Crippen LogP contribution in [0.2, 0.25) is 5.02 Å². The number of carbonyl (C=O) groups is 1. The number of anilines is 1. The van der Waals surface area contributed by atoms with Crippen LogP contribution >= 0.6 is 11.6 Å². The van der Waals surface area contributed by atoms with E-state index in [4.69, 9.17) is 25.8 Å². The van der Waals surface area contributed by atoms with Crippen LogP contribution in [0.3, 0.4) is 0 Å². The molecule has 4 rings (SSSR count). The Kier molecular flexibility index (Phi) is 3.08. The Labute approximate surface area is 131 Å². The highest BCUT2D eigenvalue weighted by molar-refractivity contribution is 6.30. The van der Waals surface area contributed by atoms with Crippen LogP contribution in [0.4, 0.5) is 5.69 Å². The molecule has 0 radical (unpaired) electrons. The van der Waals surface area contributed by atoms with Gasteiger partial charge in [-0.3, -0.25) is 4.79 Å². The minimum Gasteiger partial charge on any atom is -0.480 e. The maximum atomic E-state index is 12.3. The molecule has 1 atom stereocenters. The van der Waals surface area contributed by atoms with Gasteiger partial charge >= 0.3 is 0 Å². The maximum Gasteiger partial charge on any atom is 0.265 e. The van der Waals surface area contributed by atoms with Crippen LogP contribution < -0.4 is 19.5 Å². The van der Waals surface area contributed by atoms with E-state index in [1.807, 2.05) is 6.07 Å². The summed E-state index contributed by atoms with van der Waals surface area (Å²) in [7, 11) is 0. The first-order valence-electron chi connectivity index (χ1n) is 6.85. The average molecular weight is 318 g/mol. The van der Waals surface area contributed by atoms with Gasteiger partial charge in [0.2, 0.25) is 6.79 Å². The lowest BCUT2D eigenvalue weighted by Crippen LogP contribution is -2.31. The summed E-state index contributed by atoms with van der Waals surface area (Å²) in [6.07, 6.45) is -0.0504. The predicted octanol–water partition coefficient (Wildman–Crippen LogP) is 3.01. The lowest BCUT2D eigenvalue weighted by Gasteiger charge is -2.11. The number of rotatable bonds is 2. The molecule has 0 aliphatic carbocycles. The van der Waals surface area contributed by atoms with E-state index in [1.54, 1.807) is 30.3 Å². The zero-order chi connectivity index (χ0) is 15.1. The number of ether oxygens (including phenoxy) is 3. The van der Waals surface area contributed by atoms with Crippen LogP contribution in [-0.2, 0) is 11.2 Å². The van der Waals surface area contributed by atoms with Crippen LogP contribution in [0.15, 0.2) is 36.4 Å². The first-order valence-corrected chi connectivity index (χ1v) is 7.22. The smallest absolute Gasteiger partial charge is 0.265 e. The fourth-order valence-electron chi connectivity index (χ4n) is 2.56. The largest absolute Gasteiger partial charge is 0.480 e. The Morgan fingerprint density at radius 3 is 2.82 bits per heavy atom. The molecule has 0 fully saturated rings. The summed E-state index contributed by atoms with van der Waals surface area (Å²) < 4.78 is 16.2. The molecule has 2 aromatic carbocycles. The summed E-state index contributed by atoms with van der Waals surface area (Å²) in [5.41, 5.74) is 1.59. The summed E-state index contributed by atoms with van der Waals surface area (Å²) in [5, 5.41) is 3.47. The van der Waals surface area contributed by atoms with Gasteiger partial charge in [0.1, 0.15) is 5.75 Å². The van der Waals surface area contributed by atoms with Gasteiger partial charge in [-0.1, -0.05) is 11.6 Å². The van der Waals surface area contributed by atoms with Crippen molar-refractivity contribution >= 4 is 23.2 Å². The minimum absolute atomic E-state index is 0.203. The molecule has 0 unspecified atom stereocenters. The molecule has 1 amide bonds. The second kappa shape index (κ2) is 5.10. The summed E-state index contributed by atoms with van der Waals surface area (Å²) in [6.45, 7) is 0.203. The summed E-state index contributed by atoms with van der Waals surface area (Å²) in [5.74, 6) is 1.80. The number of nitrogens with one attached hydrogen (secondary N) is 1. The third kappa shape index (κ3) is 2.33. The second-order valence-electron chi connectivity index (χ2n) is 5.12. The normalized spacial score (nSPS) is 17.8. The van der Waals surface area contributed by atoms with Crippen molar-refractivity contribution in [1.29, 1.82) is 0 Å². The molecule has 22 heavy (non-hydrogen) atoms. The van der Waals surface area contributed by atoms with Crippen molar-refractivity contribution in [3.63, 3.8) is 0 Å². The predicted molar refractivity (Wildman–Crippen MR) is 80.8 cm³/mol. The first kappa shape index (κ1) is 13.3. The van der Waals surface area contributed by atoms with E-state index in [0.29, 0.717) is 34.4 Å². The van der Waals surface area contributed by atoms with Crippen LogP contribution in [0.5, 0.6) is 17.2 Å². The summed E-state index contributed by atoms with van der Waals surface area (Å²) in [4.78, 5) is 12.3. The van der Waals surface area contributed by atoms with Crippen molar-refractivity contribution in [3.8, 4) is 17.2 Å². The zero-order valence-corrected chi connectivity index (χ0v) is 12.2. The van der Waals surface area contributed by atoms with E-state index in [-0.39, 0.29) is 12.7 Å². The van der Waals surface area contributed by atoms with E-state index in [2.05, 4.69) is 5.32 Å². The lowest BCUT2D eigenvalue weighted by molar-refractivity contribution is -0.122. The number of amides is 1. The summed E-state index contributed by atoms with van der Waals surface area (Å²) >= 11 is 5.95. The van der Waals surface area contributed by atoms with Crippen molar-refractivity contribution in [2.45, 2.75) is 12.5 Å². The van der Waals surface area contributed by atoms with Crippen LogP contribution in [-0.4, -0.2) is 18.8 Å². The van der Waals surface area contributed by atoms with E-state index < -0.39 is 6.10 Å². The highest BCUT2D eigenvalue weighted by Crippen LogP contribution is 2.35. The Morgan fingerprint density at radius 1 is 1.09 bits per heavy atom. The topological polar surface area (TPSA) is 56.8 Å². The fraction of sp³-hybridized carbons (Fsp3) is 0.188. The molecule has 2 aromatic rings. The number of carbonyl (C=O) groups excluding carboxylic acids is 1. The molecule has 2 aliphatic rings. The van der Waals surface area contributed by atoms with Gasteiger partial charge in [0, 0.05) is 23.2 Å². The van der Waals surface area contributed by atoms with Gasteiger partial charge in [-0.15, -0.1) is 0 Å². The Morgan fingerprint density at radius 2 is 1.91 bits per heavy atom. The third-order valence-corrected chi connectivity index (χ3v) is 3.86. The van der Waals surface area contributed by atoms with Gasteiger partial charge in [-0.25, -0.2) is 0 Å². The molecule has 112 valence electrons. The Hall–Kier alpha value is -2.40. The standard InChI is InChI=1S/C16H12ClNO4/c17-10-1-3-12-9(5-10)6-15(22-12)16(19)18-11-2-4-13-14(7-11)21-8-20-13/h1-5,7,15H,6,8H2,(H,18,19)/t15-/m1/s1. The molecular weight excluding hydrogens is 306 g/mol. The SMILES string of the molecule is O=C(Nc1ccc2c(c1)OCO2)[C@H]1Cc2cc(Cl)ccc2O1. The molecule has 1 N–H and O–H groups in total. The number of fused-ring (bicyclic) bond motifs is 2. The van der Waals surface area contributed by atoms with Gasteiger partial charge in [0.25, 0.3) is 5.91 Å². The summed E-state index contributed by atoms with van der Waals surface area (Å²) in [6, 6.07) is 10.6. The molecule has 0 aromatic heterocycles. The van der Waals surface area contributed by atoms with Gasteiger partial charge < -0.3 is 19.5 Å². The highest BCUT2D eigenvalue weighted by Gasteiger charge is 2.29. The van der Waals surface area contributed by atoms with Gasteiger partial charge in [-0.2, -0.15) is 0 Å². The maximum absolute atomic E-state index is 12.3. The van der Waals surface area contributed by atoms with E-state index in [9.17, 15) is 4.79 Å². The molecule has 2 aliphatic heterocycles. The molecule has 5 nitrogen and oxygen atoms in total. The van der Waals surface area contributed by atoms with Crippen molar-refractivity contribution in [1.82, 2.24) is 0 Å². The Balaban J connectivity index is 1.47. The fourth-order valence-corrected chi connectivity index (χ4v) is 2.76. The molecule has 0 saturated heterocycles. The van der Waals surface area contributed by atoms with Gasteiger partial charge in [0.05, 0.1) is 0 Å². The highest BCUT2D eigenvalue weighted by atomic mass is 35.5. The molecule has 0 spiro atoms. The van der Waals surface area contributed by atoms with E-state index in [0.717, 1.165) is 5.56 Å². The lowest BCUT2D eigenvalue weighted by atomic mass is 10.1. The number of halogens is 1. The van der Waals surface area contributed by atoms with Gasteiger partial charge in [-0.05, 0) is 35.9 Å². The third-order valence-electron chi connectivity index (χ3n) is 3.63. The van der Waals surface area contributed by atoms with E-state index in [1.165, 1.54) is 0 Å². The molecule has 2 heterocycles. The first-order chi connectivity index (χ1) is 10.7. The molecule has 0 saturated carbocycles. The molecule has 0 bridgehead atoms. The van der Waals surface area contributed by atoms with Crippen molar-refractivity contribution < 1.29 is 19.0 Å². The Bertz CT molecular complexity index is 762. The number of hydrogen-bond acceptors (Lipinski definition) is 4. The quantitative estimate of drug-likeness (QED) is 0.925. The van der Waals surface area contributed by atoms with Crippen molar-refractivity contribution in [2.24, 2.45) is 0 Å². The van der Waals surface area contributed by atoms with Crippen LogP contribution in [0.1, 0.15) is 5.56 Å². The average Bonchev–Trinajstić information content (AvgIpc) is 3.12. The molecule has 6 heteroatoms. The molecular formula is C16H12ClNO4. The van der Waals surface area contributed by atoms with Crippen molar-refractivity contribution in [3.05, 3.63) is 47.0 Å². The monoisotopic (exact) mass is 317 g/mol. The minimum atomic E-state index is -0.557. The van der Waals surface area contributed by atoms with Crippen LogP contribution in [0, 0.1) is 0 Å². The zero-order valence-electron chi connectivity index (χ0n) is 11.5. The number of benzene rings is 2. The number of hydrogen-bond donors (Lipinski definition) is 1. The van der Waals surface area contributed by atoms with Crippen molar-refractivity contribution in [2.75, 3.05) is 12.1 Å². The van der Waals surface area contributed by atoms with Crippen LogP contribution in [0.25, 0.3) is 0 Å². The van der Waals surface area contributed by atoms with Gasteiger partial charge in [0.15, 0.2) is 17.6 Å².